The lowest BCUT2D eigenvalue weighted by Crippen LogP contribution is -2.24. The van der Waals surface area contributed by atoms with Gasteiger partial charge in [-0.15, -0.1) is 10.2 Å². The first-order valence-corrected chi connectivity index (χ1v) is 8.64. The number of amides is 1. The molecule has 3 aromatic rings. The second-order valence-electron chi connectivity index (χ2n) is 6.26. The van der Waals surface area contributed by atoms with Crippen LogP contribution in [0.2, 0.25) is 0 Å². The molecule has 0 bridgehead atoms. The second kappa shape index (κ2) is 8.31. The third-order valence-electron chi connectivity index (χ3n) is 4.29. The molecule has 0 fully saturated rings. The van der Waals surface area contributed by atoms with E-state index < -0.39 is 0 Å². The molecule has 0 spiro atoms. The molecule has 27 heavy (non-hydrogen) atoms. The number of aromatic nitrogens is 2. The van der Waals surface area contributed by atoms with E-state index in [1.165, 1.54) is 11.1 Å². The molecule has 6 heteroatoms. The Labute approximate surface area is 158 Å². The number of hydrogen-bond donors (Lipinski definition) is 2. The van der Waals surface area contributed by atoms with E-state index in [2.05, 4.69) is 34.7 Å². The van der Waals surface area contributed by atoms with Crippen molar-refractivity contribution in [3.05, 3.63) is 77.0 Å². The molecule has 3 rings (SSSR count). The molecule has 1 amide bonds. The predicted molar refractivity (Wildman–Crippen MR) is 105 cm³/mol. The van der Waals surface area contributed by atoms with E-state index in [1.54, 1.807) is 19.2 Å². The summed E-state index contributed by atoms with van der Waals surface area (Å²) in [6.45, 7) is 4.54. The molecule has 0 radical (unpaired) electrons. The zero-order valence-corrected chi connectivity index (χ0v) is 15.6. The van der Waals surface area contributed by atoms with Crippen molar-refractivity contribution in [2.24, 2.45) is 0 Å². The van der Waals surface area contributed by atoms with Gasteiger partial charge in [0.05, 0.1) is 7.11 Å². The fourth-order valence-electron chi connectivity index (χ4n) is 2.50. The quantitative estimate of drug-likeness (QED) is 0.698. The Bertz CT molecular complexity index is 922. The Balaban J connectivity index is 1.58. The van der Waals surface area contributed by atoms with Crippen LogP contribution in [0.4, 0.5) is 11.5 Å². The van der Waals surface area contributed by atoms with E-state index >= 15 is 0 Å². The highest BCUT2D eigenvalue weighted by atomic mass is 16.5. The highest BCUT2D eigenvalue weighted by molar-refractivity contribution is 5.92. The Morgan fingerprint density at radius 3 is 2.37 bits per heavy atom. The summed E-state index contributed by atoms with van der Waals surface area (Å²) < 4.78 is 5.12. The Morgan fingerprint density at radius 2 is 1.74 bits per heavy atom. The van der Waals surface area contributed by atoms with Gasteiger partial charge in [-0.2, -0.15) is 0 Å². The number of aryl methyl sites for hydroxylation is 2. The first-order valence-electron chi connectivity index (χ1n) is 8.64. The number of benzene rings is 2. The lowest BCUT2D eigenvalue weighted by molar-refractivity contribution is 0.0945. The summed E-state index contributed by atoms with van der Waals surface area (Å²) in [5, 5.41) is 14.1. The van der Waals surface area contributed by atoms with Crippen LogP contribution in [0, 0.1) is 13.8 Å². The molecule has 0 saturated heterocycles. The third kappa shape index (κ3) is 4.82. The lowest BCUT2D eigenvalue weighted by Gasteiger charge is -2.08. The van der Waals surface area contributed by atoms with Gasteiger partial charge in [0, 0.05) is 12.2 Å². The molecular formula is C21H22N4O2. The van der Waals surface area contributed by atoms with Gasteiger partial charge < -0.3 is 15.4 Å². The molecule has 0 saturated carbocycles. The van der Waals surface area contributed by atoms with Crippen LogP contribution in [0.3, 0.4) is 0 Å². The van der Waals surface area contributed by atoms with Crippen LogP contribution in [0.1, 0.15) is 27.2 Å². The van der Waals surface area contributed by atoms with Crippen LogP contribution < -0.4 is 15.4 Å². The van der Waals surface area contributed by atoms with E-state index in [9.17, 15) is 4.79 Å². The van der Waals surface area contributed by atoms with E-state index in [1.807, 2.05) is 42.5 Å². The molecule has 0 atom stereocenters. The molecule has 138 valence electrons. The van der Waals surface area contributed by atoms with Crippen molar-refractivity contribution < 1.29 is 9.53 Å². The summed E-state index contributed by atoms with van der Waals surface area (Å²) >= 11 is 0. The normalized spacial score (nSPS) is 10.3. The summed E-state index contributed by atoms with van der Waals surface area (Å²) in [5.41, 5.74) is 4.61. The van der Waals surface area contributed by atoms with Gasteiger partial charge in [0.25, 0.3) is 5.91 Å². The SMILES string of the molecule is COc1ccc(CNC(=O)c2ccc(Nc3ccc(C)c(C)c3)nn2)cc1. The summed E-state index contributed by atoms with van der Waals surface area (Å²) in [7, 11) is 1.62. The first-order chi connectivity index (χ1) is 13.0. The average Bonchev–Trinajstić information content (AvgIpc) is 2.70. The largest absolute Gasteiger partial charge is 0.497 e. The highest BCUT2D eigenvalue weighted by Gasteiger charge is 2.08. The van der Waals surface area contributed by atoms with Crippen LogP contribution in [-0.2, 0) is 6.54 Å². The maximum Gasteiger partial charge on any atom is 0.272 e. The monoisotopic (exact) mass is 362 g/mol. The van der Waals surface area contributed by atoms with Crippen LogP contribution in [0.15, 0.2) is 54.6 Å². The van der Waals surface area contributed by atoms with Crippen LogP contribution >= 0.6 is 0 Å². The number of carbonyl (C=O) groups is 1. The minimum Gasteiger partial charge on any atom is -0.497 e. The van der Waals surface area contributed by atoms with Crippen LogP contribution in [0.25, 0.3) is 0 Å². The van der Waals surface area contributed by atoms with Crippen molar-refractivity contribution in [2.75, 3.05) is 12.4 Å². The van der Waals surface area contributed by atoms with Gasteiger partial charge in [0.2, 0.25) is 0 Å². The van der Waals surface area contributed by atoms with Crippen molar-refractivity contribution in [3.8, 4) is 5.75 Å². The average molecular weight is 362 g/mol. The van der Waals surface area contributed by atoms with Crippen molar-refractivity contribution in [2.45, 2.75) is 20.4 Å². The van der Waals surface area contributed by atoms with E-state index in [0.29, 0.717) is 12.4 Å². The summed E-state index contributed by atoms with van der Waals surface area (Å²) in [6, 6.07) is 17.0. The van der Waals surface area contributed by atoms with Gasteiger partial charge in [-0.25, -0.2) is 0 Å². The van der Waals surface area contributed by atoms with Crippen LogP contribution in [0.5, 0.6) is 5.75 Å². The summed E-state index contributed by atoms with van der Waals surface area (Å²) in [6.07, 6.45) is 0. The summed E-state index contributed by atoms with van der Waals surface area (Å²) in [5.74, 6) is 1.10. The Hall–Kier alpha value is -3.41. The van der Waals surface area contributed by atoms with Gasteiger partial charge >= 0.3 is 0 Å². The van der Waals surface area contributed by atoms with Crippen molar-refractivity contribution >= 4 is 17.4 Å². The van der Waals surface area contributed by atoms with Gasteiger partial charge in [-0.05, 0) is 66.9 Å². The predicted octanol–water partition coefficient (Wildman–Crippen LogP) is 3.78. The number of anilines is 2. The van der Waals surface area contributed by atoms with E-state index in [4.69, 9.17) is 4.74 Å². The fourth-order valence-corrected chi connectivity index (χ4v) is 2.50. The molecule has 2 aromatic carbocycles. The zero-order valence-electron chi connectivity index (χ0n) is 15.6. The summed E-state index contributed by atoms with van der Waals surface area (Å²) in [4.78, 5) is 12.2. The maximum absolute atomic E-state index is 12.2. The van der Waals surface area contributed by atoms with Gasteiger partial charge in [-0.3, -0.25) is 4.79 Å². The number of hydrogen-bond acceptors (Lipinski definition) is 5. The highest BCUT2D eigenvalue weighted by Crippen LogP contribution is 2.18. The van der Waals surface area contributed by atoms with E-state index in [0.717, 1.165) is 17.0 Å². The third-order valence-corrected chi connectivity index (χ3v) is 4.29. The van der Waals surface area contributed by atoms with Crippen molar-refractivity contribution in [1.82, 2.24) is 15.5 Å². The number of nitrogens with one attached hydrogen (secondary N) is 2. The lowest BCUT2D eigenvalue weighted by atomic mass is 10.1. The fraction of sp³-hybridized carbons (Fsp3) is 0.190. The van der Waals surface area contributed by atoms with Crippen molar-refractivity contribution in [1.29, 1.82) is 0 Å². The molecule has 1 heterocycles. The Morgan fingerprint density at radius 1 is 0.963 bits per heavy atom. The molecular weight excluding hydrogens is 340 g/mol. The number of methoxy groups -OCH3 is 1. The zero-order chi connectivity index (χ0) is 19.2. The minimum atomic E-state index is -0.268. The van der Waals surface area contributed by atoms with Gasteiger partial charge in [0.15, 0.2) is 11.5 Å². The topological polar surface area (TPSA) is 76.1 Å². The Kier molecular flexibility index (Phi) is 5.66. The maximum atomic E-state index is 12.2. The van der Waals surface area contributed by atoms with E-state index in [-0.39, 0.29) is 11.6 Å². The number of nitrogens with zero attached hydrogens (tertiary/aromatic N) is 2. The molecule has 0 aliphatic carbocycles. The van der Waals surface area contributed by atoms with Crippen LogP contribution in [-0.4, -0.2) is 23.2 Å². The number of carbonyl (C=O) groups excluding carboxylic acids is 1. The molecule has 1 aromatic heterocycles. The van der Waals surface area contributed by atoms with Crippen molar-refractivity contribution in [3.63, 3.8) is 0 Å². The molecule has 2 N–H and O–H groups in total. The number of ether oxygens (including phenoxy) is 1. The minimum absolute atomic E-state index is 0.268. The number of rotatable bonds is 6. The van der Waals surface area contributed by atoms with Gasteiger partial charge in [-0.1, -0.05) is 18.2 Å². The van der Waals surface area contributed by atoms with Gasteiger partial charge in [0.1, 0.15) is 5.75 Å². The standard InChI is InChI=1S/C21H22N4O2/c1-14-4-7-17(12-15(14)2)23-20-11-10-19(24-25-20)21(26)22-13-16-5-8-18(27-3)9-6-16/h4-12H,13H2,1-3H3,(H,22,26)(H,23,25). The smallest absolute Gasteiger partial charge is 0.272 e. The molecule has 6 nitrogen and oxygen atoms in total. The second-order valence-corrected chi connectivity index (χ2v) is 6.26. The molecule has 0 aliphatic rings. The first kappa shape index (κ1) is 18.4. The molecule has 0 aliphatic heterocycles. The molecule has 0 unspecified atom stereocenters.